The first-order valence-electron chi connectivity index (χ1n) is 13.3. The van der Waals surface area contributed by atoms with E-state index >= 15 is 0 Å². The van der Waals surface area contributed by atoms with Crippen molar-refractivity contribution in [1.29, 1.82) is 0 Å². The molecule has 35 heavy (non-hydrogen) atoms. The lowest BCUT2D eigenvalue weighted by Gasteiger charge is -2.39. The number of carbonyl (C=O) groups is 2. The van der Waals surface area contributed by atoms with E-state index in [9.17, 15) is 24.9 Å². The number of rotatable bonds is 14. The van der Waals surface area contributed by atoms with Crippen molar-refractivity contribution < 1.29 is 39.5 Å². The quantitative estimate of drug-likeness (QED) is 0.163. The van der Waals surface area contributed by atoms with Gasteiger partial charge in [-0.15, -0.1) is 0 Å². The summed E-state index contributed by atoms with van der Waals surface area (Å²) in [4.78, 5) is 22.5. The Labute approximate surface area is 209 Å². The second-order valence-electron chi connectivity index (χ2n) is 10.8. The van der Waals surface area contributed by atoms with Crippen molar-refractivity contribution in [3.8, 4) is 0 Å². The van der Waals surface area contributed by atoms with E-state index in [-0.39, 0.29) is 30.3 Å². The Hall–Kier alpha value is -1.48. The van der Waals surface area contributed by atoms with E-state index in [4.69, 9.17) is 14.6 Å². The van der Waals surface area contributed by atoms with Gasteiger partial charge in [-0.1, -0.05) is 45.1 Å². The molecule has 1 aliphatic carbocycles. The molecule has 1 aliphatic heterocycles. The number of hydrogen-bond donors (Lipinski definition) is 4. The van der Waals surface area contributed by atoms with Crippen molar-refractivity contribution >= 4 is 11.9 Å². The smallest absolute Gasteiger partial charge is 0.330 e. The van der Waals surface area contributed by atoms with E-state index in [1.807, 2.05) is 0 Å². The minimum absolute atomic E-state index is 0.111. The summed E-state index contributed by atoms with van der Waals surface area (Å²) in [5.41, 5.74) is 0.719. The maximum atomic E-state index is 12.1. The van der Waals surface area contributed by atoms with Crippen LogP contribution in [0, 0.1) is 23.7 Å². The molecule has 1 saturated heterocycles. The summed E-state index contributed by atoms with van der Waals surface area (Å²) >= 11 is 0. The van der Waals surface area contributed by atoms with Crippen LogP contribution in [0.15, 0.2) is 11.6 Å². The summed E-state index contributed by atoms with van der Waals surface area (Å²) < 4.78 is 11.1. The number of carboxylic acid groups (broad SMARTS) is 1. The first-order chi connectivity index (χ1) is 16.6. The van der Waals surface area contributed by atoms with Gasteiger partial charge in [0.2, 0.25) is 0 Å². The van der Waals surface area contributed by atoms with Gasteiger partial charge in [0.15, 0.2) is 0 Å². The molecule has 4 N–H and O–H groups in total. The number of hydrogen-bond acceptors (Lipinski definition) is 7. The zero-order valence-corrected chi connectivity index (χ0v) is 21.6. The average Bonchev–Trinajstić information content (AvgIpc) is 3.03. The van der Waals surface area contributed by atoms with Crippen LogP contribution in [0.1, 0.15) is 85.0 Å². The van der Waals surface area contributed by atoms with Gasteiger partial charge in [-0.25, -0.2) is 4.79 Å². The molecule has 8 nitrogen and oxygen atoms in total. The maximum absolute atomic E-state index is 12.1. The Kier molecular flexibility index (Phi) is 12.7. The van der Waals surface area contributed by atoms with Crippen LogP contribution in [0.25, 0.3) is 0 Å². The number of esters is 1. The molecule has 0 aromatic carbocycles. The first kappa shape index (κ1) is 29.7. The van der Waals surface area contributed by atoms with Crippen LogP contribution in [-0.4, -0.2) is 70.0 Å². The highest BCUT2D eigenvalue weighted by Crippen LogP contribution is 2.41. The van der Waals surface area contributed by atoms with Crippen molar-refractivity contribution in [2.24, 2.45) is 23.7 Å². The fourth-order valence-electron chi connectivity index (χ4n) is 5.43. The van der Waals surface area contributed by atoms with Crippen LogP contribution in [0.5, 0.6) is 0 Å². The molecule has 0 bridgehead atoms. The van der Waals surface area contributed by atoms with E-state index in [2.05, 4.69) is 13.8 Å². The van der Waals surface area contributed by atoms with Gasteiger partial charge >= 0.3 is 11.9 Å². The van der Waals surface area contributed by atoms with Gasteiger partial charge in [0.1, 0.15) is 6.10 Å². The Balaban J connectivity index is 1.65. The van der Waals surface area contributed by atoms with Crippen LogP contribution < -0.4 is 0 Å². The number of aliphatic hydroxyl groups excluding tert-OH is 3. The number of aliphatic carboxylic acids is 1. The SMILES string of the molecule is C/C(=C\C(=O)OCCCCCCCCC(=O)O)C[C@@H]1OC[C@H](CC2CC(C)C(C)[C@H]2O)[C@@H](O)[C@H]1O. The van der Waals surface area contributed by atoms with Crippen LogP contribution >= 0.6 is 0 Å². The molecular formula is C27H46O8. The molecular weight excluding hydrogens is 452 g/mol. The van der Waals surface area contributed by atoms with Crippen molar-refractivity contribution in [2.75, 3.05) is 13.2 Å². The topological polar surface area (TPSA) is 134 Å². The molecule has 1 heterocycles. The van der Waals surface area contributed by atoms with E-state index in [0.29, 0.717) is 38.4 Å². The summed E-state index contributed by atoms with van der Waals surface area (Å²) in [6, 6.07) is 0. The molecule has 1 saturated carbocycles. The number of ether oxygens (including phenoxy) is 2. The van der Waals surface area contributed by atoms with Gasteiger partial charge in [-0.2, -0.15) is 0 Å². The normalized spacial score (nSPS) is 33.6. The summed E-state index contributed by atoms with van der Waals surface area (Å²) in [6.45, 7) is 6.64. The highest BCUT2D eigenvalue weighted by molar-refractivity contribution is 5.82. The van der Waals surface area contributed by atoms with Crippen LogP contribution in [0.3, 0.4) is 0 Å². The molecule has 0 aromatic rings. The van der Waals surface area contributed by atoms with Crippen LogP contribution in [0.4, 0.5) is 0 Å². The van der Waals surface area contributed by atoms with Gasteiger partial charge in [0.25, 0.3) is 0 Å². The number of unbranched alkanes of at least 4 members (excludes halogenated alkanes) is 5. The molecule has 2 rings (SSSR count). The van der Waals surface area contributed by atoms with Crippen molar-refractivity contribution in [2.45, 2.75) is 109 Å². The Bertz CT molecular complexity index is 693. The average molecular weight is 499 g/mol. The minimum Gasteiger partial charge on any atom is -0.481 e. The zero-order chi connectivity index (χ0) is 26.0. The number of aliphatic hydroxyl groups is 3. The molecule has 202 valence electrons. The molecule has 8 atom stereocenters. The maximum Gasteiger partial charge on any atom is 0.330 e. The van der Waals surface area contributed by atoms with Gasteiger partial charge in [0.05, 0.1) is 31.5 Å². The third-order valence-electron chi connectivity index (χ3n) is 7.85. The summed E-state index contributed by atoms with van der Waals surface area (Å²) in [6.07, 6.45) is 5.85. The van der Waals surface area contributed by atoms with E-state index in [1.165, 1.54) is 6.08 Å². The predicted octanol–water partition coefficient (Wildman–Crippen LogP) is 3.46. The highest BCUT2D eigenvalue weighted by atomic mass is 16.5. The zero-order valence-electron chi connectivity index (χ0n) is 21.6. The highest BCUT2D eigenvalue weighted by Gasteiger charge is 2.43. The summed E-state index contributed by atoms with van der Waals surface area (Å²) in [5, 5.41) is 40.4. The van der Waals surface area contributed by atoms with E-state index in [0.717, 1.165) is 44.1 Å². The molecule has 8 heteroatoms. The second-order valence-corrected chi connectivity index (χ2v) is 10.8. The minimum atomic E-state index is -1.04. The monoisotopic (exact) mass is 498 g/mol. The fourth-order valence-corrected chi connectivity index (χ4v) is 5.43. The van der Waals surface area contributed by atoms with Gasteiger partial charge in [-0.3, -0.25) is 4.79 Å². The predicted molar refractivity (Wildman–Crippen MR) is 132 cm³/mol. The summed E-state index contributed by atoms with van der Waals surface area (Å²) in [7, 11) is 0. The fraction of sp³-hybridized carbons (Fsp3) is 0.852. The van der Waals surface area contributed by atoms with Gasteiger partial charge in [0, 0.05) is 18.4 Å². The van der Waals surface area contributed by atoms with Crippen LogP contribution in [0.2, 0.25) is 0 Å². The second kappa shape index (κ2) is 14.9. The summed E-state index contributed by atoms with van der Waals surface area (Å²) in [5.74, 6) is -0.606. The van der Waals surface area contributed by atoms with E-state index in [1.54, 1.807) is 6.92 Å². The van der Waals surface area contributed by atoms with Crippen LogP contribution in [-0.2, 0) is 19.1 Å². The largest absolute Gasteiger partial charge is 0.481 e. The van der Waals surface area contributed by atoms with Gasteiger partial charge in [-0.05, 0) is 56.8 Å². The van der Waals surface area contributed by atoms with E-state index < -0.39 is 30.3 Å². The third kappa shape index (κ3) is 9.83. The lowest BCUT2D eigenvalue weighted by Crippen LogP contribution is -2.50. The number of carboxylic acids is 1. The molecule has 0 aromatic heterocycles. The molecule has 2 fully saturated rings. The molecule has 0 radical (unpaired) electrons. The van der Waals surface area contributed by atoms with Crippen molar-refractivity contribution in [3.05, 3.63) is 11.6 Å². The number of carbonyl (C=O) groups excluding carboxylic acids is 1. The Morgan fingerprint density at radius 1 is 0.943 bits per heavy atom. The van der Waals surface area contributed by atoms with Crippen molar-refractivity contribution in [3.63, 3.8) is 0 Å². The lowest BCUT2D eigenvalue weighted by atomic mass is 9.82. The van der Waals surface area contributed by atoms with Crippen molar-refractivity contribution in [1.82, 2.24) is 0 Å². The third-order valence-corrected chi connectivity index (χ3v) is 7.85. The van der Waals surface area contributed by atoms with Gasteiger partial charge < -0.3 is 29.9 Å². The molecule has 3 unspecified atom stereocenters. The molecule has 0 spiro atoms. The molecule has 2 aliphatic rings. The Morgan fingerprint density at radius 2 is 1.60 bits per heavy atom. The first-order valence-corrected chi connectivity index (χ1v) is 13.3. The lowest BCUT2D eigenvalue weighted by molar-refractivity contribution is -0.168. The standard InChI is InChI=1S/C27H46O8/c1-17(13-24(30)34-11-9-7-5-4-6-8-10-23(28)29)12-22-27(33)26(32)21(16-35-22)15-20-14-18(2)19(3)25(20)31/h13,18-22,25-27,31-33H,4-12,14-16H2,1-3H3,(H,28,29)/b17-13+/t18?,19?,20?,21-,22-,25+,26+,27-/m0/s1. The molecule has 0 amide bonds. The Morgan fingerprint density at radius 3 is 2.23 bits per heavy atom.